The molecule has 1 aromatic rings. The number of nitrogens with two attached hydrogens (primary N) is 1. The highest BCUT2D eigenvalue weighted by Crippen LogP contribution is 2.34. The van der Waals surface area contributed by atoms with Crippen molar-refractivity contribution >= 4 is 34.8 Å². The van der Waals surface area contributed by atoms with E-state index < -0.39 is 0 Å². The van der Waals surface area contributed by atoms with Crippen LogP contribution in [0.1, 0.15) is 39.0 Å². The molecule has 1 atom stereocenters. The van der Waals surface area contributed by atoms with Gasteiger partial charge in [-0.3, -0.25) is 4.79 Å². The number of benzene rings is 1. The van der Waals surface area contributed by atoms with Crippen molar-refractivity contribution < 1.29 is 9.90 Å². The fourth-order valence-electron chi connectivity index (χ4n) is 2.27. The Morgan fingerprint density at radius 3 is 2.43 bits per heavy atom. The minimum Gasteiger partial charge on any atom is -0.505 e. The summed E-state index contributed by atoms with van der Waals surface area (Å²) in [6.45, 7) is 2.78. The molecule has 6 heteroatoms. The minimum atomic E-state index is -0.178. The van der Waals surface area contributed by atoms with Crippen LogP contribution in [0.4, 0.5) is 5.69 Å². The SMILES string of the molecule is CCCC(CCN)CCC(=O)Nc1cc(Cl)c(O)c(Cl)c1. The van der Waals surface area contributed by atoms with Gasteiger partial charge in [0.05, 0.1) is 10.0 Å². The number of nitrogens with one attached hydrogen (secondary N) is 1. The van der Waals surface area contributed by atoms with E-state index >= 15 is 0 Å². The molecular weight excluding hydrogens is 311 g/mol. The Bertz CT molecular complexity index is 452. The van der Waals surface area contributed by atoms with Crippen molar-refractivity contribution in [2.45, 2.75) is 39.0 Å². The number of carbonyl (C=O) groups excluding carboxylic acids is 1. The number of rotatable bonds is 8. The van der Waals surface area contributed by atoms with Gasteiger partial charge in [0, 0.05) is 12.1 Å². The molecule has 1 rings (SSSR count). The second kappa shape index (κ2) is 9.13. The normalized spacial score (nSPS) is 12.2. The minimum absolute atomic E-state index is 0.0917. The molecule has 1 unspecified atom stereocenters. The number of hydrogen-bond acceptors (Lipinski definition) is 3. The number of phenolic OH excluding ortho intramolecular Hbond substituents is 1. The maximum atomic E-state index is 11.9. The first-order chi connectivity index (χ1) is 9.97. The van der Waals surface area contributed by atoms with Crippen LogP contribution in [0.15, 0.2) is 12.1 Å². The van der Waals surface area contributed by atoms with Crippen LogP contribution in [0, 0.1) is 5.92 Å². The second-order valence-electron chi connectivity index (χ2n) is 5.11. The molecule has 0 saturated heterocycles. The molecule has 118 valence electrons. The summed E-state index contributed by atoms with van der Waals surface area (Å²) in [7, 11) is 0. The summed E-state index contributed by atoms with van der Waals surface area (Å²) in [5.41, 5.74) is 6.07. The Kier molecular flexibility index (Phi) is 7.86. The summed E-state index contributed by atoms with van der Waals surface area (Å²) in [4.78, 5) is 11.9. The fraction of sp³-hybridized carbons (Fsp3) is 0.533. The van der Waals surface area contributed by atoms with Crippen LogP contribution < -0.4 is 11.1 Å². The molecule has 0 aliphatic rings. The lowest BCUT2D eigenvalue weighted by Crippen LogP contribution is -2.15. The molecule has 4 nitrogen and oxygen atoms in total. The molecule has 0 radical (unpaired) electrons. The van der Waals surface area contributed by atoms with Gasteiger partial charge in [0.15, 0.2) is 5.75 Å². The molecule has 0 bridgehead atoms. The summed E-state index contributed by atoms with van der Waals surface area (Å²) < 4.78 is 0. The third-order valence-electron chi connectivity index (χ3n) is 3.35. The average molecular weight is 333 g/mol. The van der Waals surface area contributed by atoms with Gasteiger partial charge in [-0.1, -0.05) is 43.0 Å². The lowest BCUT2D eigenvalue weighted by Gasteiger charge is -2.15. The van der Waals surface area contributed by atoms with E-state index in [0.29, 0.717) is 24.6 Å². The molecule has 0 saturated carbocycles. The van der Waals surface area contributed by atoms with Crippen molar-refractivity contribution in [3.05, 3.63) is 22.2 Å². The van der Waals surface area contributed by atoms with Crippen molar-refractivity contribution in [1.29, 1.82) is 0 Å². The van der Waals surface area contributed by atoms with E-state index in [-0.39, 0.29) is 21.7 Å². The van der Waals surface area contributed by atoms with Crippen LogP contribution in [0.2, 0.25) is 10.0 Å². The van der Waals surface area contributed by atoms with Crippen LogP contribution in [-0.4, -0.2) is 17.6 Å². The number of halogens is 2. The zero-order valence-electron chi connectivity index (χ0n) is 12.2. The molecule has 0 aliphatic heterocycles. The predicted octanol–water partition coefficient (Wildman–Crippen LogP) is 4.18. The maximum Gasteiger partial charge on any atom is 0.224 e. The highest BCUT2D eigenvalue weighted by atomic mass is 35.5. The first-order valence-electron chi connectivity index (χ1n) is 7.15. The van der Waals surface area contributed by atoms with E-state index in [1.165, 1.54) is 12.1 Å². The Morgan fingerprint density at radius 1 is 1.29 bits per heavy atom. The largest absolute Gasteiger partial charge is 0.505 e. The molecular formula is C15H22Cl2N2O2. The van der Waals surface area contributed by atoms with Gasteiger partial charge in [-0.05, 0) is 37.4 Å². The van der Waals surface area contributed by atoms with E-state index in [9.17, 15) is 9.90 Å². The lowest BCUT2D eigenvalue weighted by molar-refractivity contribution is -0.116. The molecule has 0 spiro atoms. The second-order valence-corrected chi connectivity index (χ2v) is 5.92. The number of aromatic hydroxyl groups is 1. The first kappa shape index (κ1) is 18.1. The first-order valence-corrected chi connectivity index (χ1v) is 7.91. The van der Waals surface area contributed by atoms with E-state index in [2.05, 4.69) is 12.2 Å². The van der Waals surface area contributed by atoms with Gasteiger partial charge < -0.3 is 16.2 Å². The van der Waals surface area contributed by atoms with Crippen molar-refractivity contribution in [2.75, 3.05) is 11.9 Å². The Labute approximate surface area is 135 Å². The zero-order valence-corrected chi connectivity index (χ0v) is 13.7. The topological polar surface area (TPSA) is 75.4 Å². The van der Waals surface area contributed by atoms with Crippen molar-refractivity contribution in [1.82, 2.24) is 0 Å². The predicted molar refractivity (Wildman–Crippen MR) is 88.1 cm³/mol. The Morgan fingerprint density at radius 2 is 1.90 bits per heavy atom. The van der Waals surface area contributed by atoms with Gasteiger partial charge in [-0.2, -0.15) is 0 Å². The third kappa shape index (κ3) is 6.12. The number of amides is 1. The quantitative estimate of drug-likeness (QED) is 0.625. The van der Waals surface area contributed by atoms with Gasteiger partial charge in [0.2, 0.25) is 5.91 Å². The van der Waals surface area contributed by atoms with E-state index in [4.69, 9.17) is 28.9 Å². The van der Waals surface area contributed by atoms with Gasteiger partial charge >= 0.3 is 0 Å². The van der Waals surface area contributed by atoms with Gasteiger partial charge in [-0.25, -0.2) is 0 Å². The van der Waals surface area contributed by atoms with Crippen LogP contribution >= 0.6 is 23.2 Å². The van der Waals surface area contributed by atoms with Gasteiger partial charge in [0.1, 0.15) is 0 Å². The monoisotopic (exact) mass is 332 g/mol. The summed E-state index contributed by atoms with van der Waals surface area (Å²) >= 11 is 11.6. The molecule has 0 aromatic heterocycles. The molecule has 1 aromatic carbocycles. The Balaban J connectivity index is 2.53. The van der Waals surface area contributed by atoms with Crippen molar-refractivity contribution in [2.24, 2.45) is 11.7 Å². The number of phenols is 1. The van der Waals surface area contributed by atoms with E-state index in [1.807, 2.05) is 0 Å². The third-order valence-corrected chi connectivity index (χ3v) is 3.93. The van der Waals surface area contributed by atoms with Gasteiger partial charge in [-0.15, -0.1) is 0 Å². The average Bonchev–Trinajstić information content (AvgIpc) is 2.42. The molecule has 0 aliphatic carbocycles. The lowest BCUT2D eigenvalue weighted by atomic mass is 9.94. The van der Waals surface area contributed by atoms with E-state index in [1.54, 1.807) is 0 Å². The van der Waals surface area contributed by atoms with Crippen LogP contribution in [0.3, 0.4) is 0 Å². The summed E-state index contributed by atoms with van der Waals surface area (Å²) in [5.74, 6) is 0.214. The molecule has 4 N–H and O–H groups in total. The molecule has 1 amide bonds. The highest BCUT2D eigenvalue weighted by Gasteiger charge is 2.12. The zero-order chi connectivity index (χ0) is 15.8. The highest BCUT2D eigenvalue weighted by molar-refractivity contribution is 6.37. The maximum absolute atomic E-state index is 11.9. The summed E-state index contributed by atoms with van der Waals surface area (Å²) in [6, 6.07) is 2.95. The van der Waals surface area contributed by atoms with Crippen LogP contribution in [0.5, 0.6) is 5.75 Å². The standard InChI is InChI=1S/C15H22Cl2N2O2/c1-2-3-10(6-7-18)4-5-14(20)19-11-8-12(16)15(21)13(17)9-11/h8-10,21H,2-7,18H2,1H3,(H,19,20). The summed E-state index contributed by atoms with van der Waals surface area (Å²) in [6.07, 6.45) is 4.37. The van der Waals surface area contributed by atoms with Crippen LogP contribution in [0.25, 0.3) is 0 Å². The molecule has 0 heterocycles. The summed E-state index contributed by atoms with van der Waals surface area (Å²) in [5, 5.41) is 12.4. The molecule has 21 heavy (non-hydrogen) atoms. The molecule has 0 fully saturated rings. The fourth-order valence-corrected chi connectivity index (χ4v) is 2.76. The number of anilines is 1. The number of carbonyl (C=O) groups is 1. The van der Waals surface area contributed by atoms with Crippen molar-refractivity contribution in [3.63, 3.8) is 0 Å². The van der Waals surface area contributed by atoms with E-state index in [0.717, 1.165) is 25.7 Å². The number of hydrogen-bond donors (Lipinski definition) is 3. The van der Waals surface area contributed by atoms with Crippen LogP contribution in [-0.2, 0) is 4.79 Å². The van der Waals surface area contributed by atoms with Gasteiger partial charge in [0.25, 0.3) is 0 Å². The van der Waals surface area contributed by atoms with Crippen molar-refractivity contribution in [3.8, 4) is 5.75 Å². The Hall–Kier alpha value is -0.970. The smallest absolute Gasteiger partial charge is 0.224 e.